The van der Waals surface area contributed by atoms with E-state index in [1.807, 2.05) is 0 Å². The third kappa shape index (κ3) is 2.65. The van der Waals surface area contributed by atoms with Crippen LogP contribution in [0.15, 0.2) is 0 Å². The van der Waals surface area contributed by atoms with Crippen LogP contribution in [0.2, 0.25) is 0 Å². The molecule has 0 heterocycles. The molecule has 0 aromatic heterocycles. The minimum Gasteiger partial charge on any atom is -0.431 e. The number of alkyl halides is 4. The second-order valence-corrected chi connectivity index (χ2v) is 1.31. The van der Waals surface area contributed by atoms with Crippen molar-refractivity contribution in [1.82, 2.24) is 0 Å². The molecule has 0 aromatic carbocycles. The van der Waals surface area contributed by atoms with Crippen molar-refractivity contribution in [3.05, 3.63) is 0 Å². The molecule has 1 atom stereocenters. The molecular weight excluding hydrogens is 156 g/mol. The Labute approximate surface area is 53.8 Å². The van der Waals surface area contributed by atoms with E-state index in [9.17, 15) is 22.4 Å². The highest BCUT2D eigenvalue weighted by atomic mass is 19.3. The van der Waals surface area contributed by atoms with Gasteiger partial charge in [-0.1, -0.05) is 0 Å². The van der Waals surface area contributed by atoms with Gasteiger partial charge in [-0.15, -0.1) is 0 Å². The largest absolute Gasteiger partial charge is 0.431 e. The molecule has 0 radical (unpaired) electrons. The Morgan fingerprint density at radius 1 is 1.40 bits per heavy atom. The maximum Gasteiger partial charge on any atom is 0.349 e. The summed E-state index contributed by atoms with van der Waals surface area (Å²) in [5.41, 5.74) is 0. The van der Waals surface area contributed by atoms with Gasteiger partial charge in [-0.05, 0) is 0 Å². The van der Waals surface area contributed by atoms with E-state index in [0.717, 1.165) is 0 Å². The van der Waals surface area contributed by atoms with E-state index in [0.29, 0.717) is 0 Å². The standard InChI is InChI=1S/C4H4F4O2/c5-1-10-4(9)2(6)3(7)8/h2-3H,1H2. The lowest BCUT2D eigenvalue weighted by molar-refractivity contribution is -0.159. The fraction of sp³-hybridized carbons (Fsp3) is 0.750. The van der Waals surface area contributed by atoms with Gasteiger partial charge in [0.25, 0.3) is 12.6 Å². The van der Waals surface area contributed by atoms with Gasteiger partial charge in [-0.3, -0.25) is 0 Å². The second-order valence-electron chi connectivity index (χ2n) is 1.31. The van der Waals surface area contributed by atoms with E-state index in [1.54, 1.807) is 0 Å². The molecule has 2 nitrogen and oxygen atoms in total. The maximum absolute atomic E-state index is 11.7. The highest BCUT2D eigenvalue weighted by Crippen LogP contribution is 2.06. The van der Waals surface area contributed by atoms with Crippen LogP contribution in [0.3, 0.4) is 0 Å². The SMILES string of the molecule is O=C(OCF)C(F)C(F)F. The summed E-state index contributed by atoms with van der Waals surface area (Å²) in [6.07, 6.45) is -6.50. The zero-order chi connectivity index (χ0) is 8.15. The third-order valence-electron chi connectivity index (χ3n) is 0.643. The number of hydrogen-bond acceptors (Lipinski definition) is 2. The summed E-state index contributed by atoms with van der Waals surface area (Å²) in [6.45, 7) is -1.59. The summed E-state index contributed by atoms with van der Waals surface area (Å²) < 4.78 is 48.4. The number of carbonyl (C=O) groups is 1. The van der Waals surface area contributed by atoms with Gasteiger partial charge in [-0.25, -0.2) is 22.4 Å². The summed E-state index contributed by atoms with van der Waals surface area (Å²) in [5, 5.41) is 0. The van der Waals surface area contributed by atoms with Crippen molar-refractivity contribution in [2.75, 3.05) is 6.86 Å². The average molecular weight is 160 g/mol. The molecule has 0 N–H and O–H groups in total. The molecule has 6 heteroatoms. The van der Waals surface area contributed by atoms with E-state index < -0.39 is 25.4 Å². The minimum atomic E-state index is -3.46. The molecule has 0 amide bonds. The fourth-order valence-corrected chi connectivity index (χ4v) is 0.236. The maximum atomic E-state index is 11.7. The van der Waals surface area contributed by atoms with Crippen LogP contribution in [0.25, 0.3) is 0 Å². The predicted molar refractivity (Wildman–Crippen MR) is 23.0 cm³/mol. The van der Waals surface area contributed by atoms with Crippen molar-refractivity contribution in [2.45, 2.75) is 12.6 Å². The van der Waals surface area contributed by atoms with E-state index in [1.165, 1.54) is 0 Å². The number of hydrogen-bond donors (Lipinski definition) is 0. The number of rotatable bonds is 3. The molecule has 1 unspecified atom stereocenters. The van der Waals surface area contributed by atoms with E-state index in [4.69, 9.17) is 0 Å². The van der Waals surface area contributed by atoms with Crippen molar-refractivity contribution < 1.29 is 27.1 Å². The molecule has 0 aliphatic carbocycles. The van der Waals surface area contributed by atoms with Crippen molar-refractivity contribution >= 4 is 5.97 Å². The zero-order valence-electron chi connectivity index (χ0n) is 4.69. The van der Waals surface area contributed by atoms with E-state index >= 15 is 0 Å². The van der Waals surface area contributed by atoms with Crippen molar-refractivity contribution in [1.29, 1.82) is 0 Å². The van der Waals surface area contributed by atoms with Crippen LogP contribution in [0.4, 0.5) is 17.6 Å². The lowest BCUT2D eigenvalue weighted by Gasteiger charge is -2.03. The Bertz CT molecular complexity index is 116. The Kier molecular flexibility index (Phi) is 3.75. The quantitative estimate of drug-likeness (QED) is 0.455. The number of ether oxygens (including phenoxy) is 1. The summed E-state index contributed by atoms with van der Waals surface area (Å²) in [4.78, 5) is 9.87. The van der Waals surface area contributed by atoms with E-state index in [2.05, 4.69) is 4.74 Å². The molecule has 0 saturated heterocycles. The summed E-state index contributed by atoms with van der Waals surface area (Å²) in [7, 11) is 0. The molecule has 0 rings (SSSR count). The normalized spacial score (nSPS) is 13.3. The summed E-state index contributed by atoms with van der Waals surface area (Å²) in [6, 6.07) is 0. The Morgan fingerprint density at radius 2 is 1.90 bits per heavy atom. The molecule has 0 bridgehead atoms. The Balaban J connectivity index is 3.71. The van der Waals surface area contributed by atoms with Gasteiger partial charge in [0.2, 0.25) is 6.86 Å². The molecule has 0 aliphatic rings. The van der Waals surface area contributed by atoms with Gasteiger partial charge in [0.1, 0.15) is 0 Å². The van der Waals surface area contributed by atoms with Gasteiger partial charge < -0.3 is 4.74 Å². The van der Waals surface area contributed by atoms with Crippen molar-refractivity contribution in [3.63, 3.8) is 0 Å². The first-order chi connectivity index (χ1) is 4.59. The van der Waals surface area contributed by atoms with Crippen LogP contribution in [-0.2, 0) is 9.53 Å². The molecule has 60 valence electrons. The highest BCUT2D eigenvalue weighted by Gasteiger charge is 2.29. The van der Waals surface area contributed by atoms with Crippen LogP contribution in [0, 0.1) is 0 Å². The molecule has 0 fully saturated rings. The summed E-state index contributed by atoms with van der Waals surface area (Å²) >= 11 is 0. The second kappa shape index (κ2) is 4.08. The summed E-state index contributed by atoms with van der Waals surface area (Å²) in [5.74, 6) is -1.88. The van der Waals surface area contributed by atoms with Gasteiger partial charge >= 0.3 is 5.97 Å². The molecule has 0 aromatic rings. The van der Waals surface area contributed by atoms with Gasteiger partial charge in [0, 0.05) is 0 Å². The molecule has 0 aliphatic heterocycles. The molecule has 10 heavy (non-hydrogen) atoms. The lowest BCUT2D eigenvalue weighted by atomic mass is 10.4. The first-order valence-electron chi connectivity index (χ1n) is 2.24. The zero-order valence-corrected chi connectivity index (χ0v) is 4.69. The smallest absolute Gasteiger partial charge is 0.349 e. The van der Waals surface area contributed by atoms with Crippen LogP contribution >= 0.6 is 0 Å². The number of halogens is 4. The van der Waals surface area contributed by atoms with Gasteiger partial charge in [0.05, 0.1) is 0 Å². The Morgan fingerprint density at radius 3 is 2.20 bits per heavy atom. The molecule has 0 saturated carbocycles. The number of carbonyl (C=O) groups excluding carboxylic acids is 1. The van der Waals surface area contributed by atoms with Crippen LogP contribution in [-0.4, -0.2) is 25.4 Å². The Hall–Kier alpha value is -0.810. The van der Waals surface area contributed by atoms with Gasteiger partial charge in [0.15, 0.2) is 0 Å². The van der Waals surface area contributed by atoms with Crippen LogP contribution in [0.1, 0.15) is 0 Å². The third-order valence-corrected chi connectivity index (χ3v) is 0.643. The lowest BCUT2D eigenvalue weighted by Crippen LogP contribution is -2.25. The number of esters is 1. The molecular formula is C4H4F4O2. The highest BCUT2D eigenvalue weighted by molar-refractivity contribution is 5.74. The molecule has 0 spiro atoms. The minimum absolute atomic E-state index is 1.59. The van der Waals surface area contributed by atoms with Gasteiger partial charge in [-0.2, -0.15) is 0 Å². The van der Waals surface area contributed by atoms with E-state index in [-0.39, 0.29) is 0 Å². The van der Waals surface area contributed by atoms with Crippen LogP contribution < -0.4 is 0 Å². The predicted octanol–water partition coefficient (Wildman–Crippen LogP) is 1.06. The topological polar surface area (TPSA) is 26.3 Å². The first kappa shape index (κ1) is 9.19. The monoisotopic (exact) mass is 160 g/mol. The van der Waals surface area contributed by atoms with Crippen LogP contribution in [0.5, 0.6) is 0 Å². The fourth-order valence-electron chi connectivity index (χ4n) is 0.236. The average Bonchev–Trinajstić information content (AvgIpc) is 1.87. The van der Waals surface area contributed by atoms with Crippen molar-refractivity contribution in [2.24, 2.45) is 0 Å². The first-order valence-corrected chi connectivity index (χ1v) is 2.24. The van der Waals surface area contributed by atoms with Crippen molar-refractivity contribution in [3.8, 4) is 0 Å².